The summed E-state index contributed by atoms with van der Waals surface area (Å²) in [5, 5.41) is 3.16. The van der Waals surface area contributed by atoms with Gasteiger partial charge in [0.05, 0.1) is 6.42 Å². The number of carbonyl (C=O) groups excluding carboxylic acids is 1. The summed E-state index contributed by atoms with van der Waals surface area (Å²) in [5.74, 6) is 0.154. The highest BCUT2D eigenvalue weighted by atomic mass is 16.1. The van der Waals surface area contributed by atoms with Crippen molar-refractivity contribution in [3.63, 3.8) is 0 Å². The summed E-state index contributed by atoms with van der Waals surface area (Å²) in [5.41, 5.74) is 3.59. The van der Waals surface area contributed by atoms with E-state index in [1.165, 1.54) is 11.1 Å². The summed E-state index contributed by atoms with van der Waals surface area (Å²) in [6, 6.07) is 6.64. The zero-order valence-corrected chi connectivity index (χ0v) is 12.2. The molecule has 3 heteroatoms. The first-order chi connectivity index (χ1) is 9.04. The van der Waals surface area contributed by atoms with E-state index in [4.69, 9.17) is 0 Å². The maximum atomic E-state index is 12.1. The second-order valence-corrected chi connectivity index (χ2v) is 5.75. The Labute approximate surface area is 116 Å². The molecule has 0 spiro atoms. The number of piperidine rings is 1. The van der Waals surface area contributed by atoms with Gasteiger partial charge in [0.2, 0.25) is 5.91 Å². The van der Waals surface area contributed by atoms with Gasteiger partial charge in [-0.25, -0.2) is 0 Å². The minimum absolute atomic E-state index is 0.154. The second-order valence-electron chi connectivity index (χ2n) is 5.75. The van der Waals surface area contributed by atoms with E-state index in [1.54, 1.807) is 0 Å². The van der Waals surface area contributed by atoms with Crippen LogP contribution < -0.4 is 5.32 Å². The normalized spacial score (nSPS) is 17.4. The summed E-state index contributed by atoms with van der Waals surface area (Å²) in [4.78, 5) is 14.4. The molecule has 1 N–H and O–H groups in total. The molecule has 1 amide bonds. The van der Waals surface area contributed by atoms with E-state index in [9.17, 15) is 4.79 Å². The van der Waals surface area contributed by atoms with Crippen LogP contribution in [0.2, 0.25) is 0 Å². The van der Waals surface area contributed by atoms with E-state index in [-0.39, 0.29) is 5.91 Å². The van der Waals surface area contributed by atoms with E-state index in [0.29, 0.717) is 12.5 Å². The molecule has 0 unspecified atom stereocenters. The molecule has 1 heterocycles. The van der Waals surface area contributed by atoms with Crippen LogP contribution in [0.3, 0.4) is 0 Å². The average molecular weight is 260 g/mol. The average Bonchev–Trinajstić information content (AvgIpc) is 2.36. The summed E-state index contributed by atoms with van der Waals surface area (Å²) >= 11 is 0. The van der Waals surface area contributed by atoms with Crippen molar-refractivity contribution in [2.24, 2.45) is 0 Å². The first-order valence-electron chi connectivity index (χ1n) is 7.08. The van der Waals surface area contributed by atoms with Gasteiger partial charge in [-0.3, -0.25) is 4.79 Å². The SMILES string of the molecule is Cc1ccc(CC(=O)NC2CCN(C)CC2)c(C)c1. The van der Waals surface area contributed by atoms with E-state index in [1.807, 2.05) is 0 Å². The number of likely N-dealkylation sites (tertiary alicyclic amines) is 1. The lowest BCUT2D eigenvalue weighted by atomic mass is 10.0. The van der Waals surface area contributed by atoms with Crippen LogP contribution in [-0.2, 0) is 11.2 Å². The van der Waals surface area contributed by atoms with E-state index < -0.39 is 0 Å². The van der Waals surface area contributed by atoms with Crippen molar-refractivity contribution >= 4 is 5.91 Å². The van der Waals surface area contributed by atoms with Crippen molar-refractivity contribution in [2.45, 2.75) is 39.2 Å². The number of rotatable bonds is 3. The fourth-order valence-corrected chi connectivity index (χ4v) is 2.65. The highest BCUT2D eigenvalue weighted by Crippen LogP contribution is 2.12. The zero-order chi connectivity index (χ0) is 13.8. The minimum atomic E-state index is 0.154. The fourth-order valence-electron chi connectivity index (χ4n) is 2.65. The molecule has 1 aliphatic rings. The number of hydrogen-bond acceptors (Lipinski definition) is 2. The molecule has 0 aliphatic carbocycles. The minimum Gasteiger partial charge on any atom is -0.353 e. The second kappa shape index (κ2) is 6.20. The number of amides is 1. The Kier molecular flexibility index (Phi) is 4.59. The molecule has 1 fully saturated rings. The number of carbonyl (C=O) groups is 1. The summed E-state index contributed by atoms with van der Waals surface area (Å²) < 4.78 is 0. The highest BCUT2D eigenvalue weighted by Gasteiger charge is 2.18. The number of aryl methyl sites for hydroxylation is 2. The Hall–Kier alpha value is -1.35. The molecule has 1 aromatic rings. The third-order valence-corrected chi connectivity index (χ3v) is 3.93. The lowest BCUT2D eigenvalue weighted by Crippen LogP contribution is -2.43. The molecular formula is C16H24N2O. The Morgan fingerprint density at radius 1 is 1.32 bits per heavy atom. The highest BCUT2D eigenvalue weighted by molar-refractivity contribution is 5.79. The Morgan fingerprint density at radius 3 is 2.63 bits per heavy atom. The molecule has 1 aliphatic heterocycles. The zero-order valence-electron chi connectivity index (χ0n) is 12.2. The molecule has 3 nitrogen and oxygen atoms in total. The molecule has 0 radical (unpaired) electrons. The fraction of sp³-hybridized carbons (Fsp3) is 0.562. The molecule has 0 saturated carbocycles. The lowest BCUT2D eigenvalue weighted by Gasteiger charge is -2.29. The van der Waals surface area contributed by atoms with Crippen LogP contribution in [0.1, 0.15) is 29.5 Å². The van der Waals surface area contributed by atoms with Gasteiger partial charge in [0.25, 0.3) is 0 Å². The van der Waals surface area contributed by atoms with E-state index in [0.717, 1.165) is 31.5 Å². The smallest absolute Gasteiger partial charge is 0.224 e. The molecule has 1 aromatic carbocycles. The van der Waals surface area contributed by atoms with Gasteiger partial charge in [0.1, 0.15) is 0 Å². The van der Waals surface area contributed by atoms with Crippen molar-refractivity contribution in [1.29, 1.82) is 0 Å². The first kappa shape index (κ1) is 14.1. The topological polar surface area (TPSA) is 32.3 Å². The van der Waals surface area contributed by atoms with Gasteiger partial charge >= 0.3 is 0 Å². The summed E-state index contributed by atoms with van der Waals surface area (Å²) in [6.07, 6.45) is 2.63. The van der Waals surface area contributed by atoms with E-state index >= 15 is 0 Å². The van der Waals surface area contributed by atoms with Crippen molar-refractivity contribution in [1.82, 2.24) is 10.2 Å². The van der Waals surface area contributed by atoms with Crippen molar-refractivity contribution < 1.29 is 4.79 Å². The standard InChI is InChI=1S/C16H24N2O/c1-12-4-5-14(13(2)10-12)11-16(19)17-15-6-8-18(3)9-7-15/h4-5,10,15H,6-9,11H2,1-3H3,(H,17,19). The molecular weight excluding hydrogens is 236 g/mol. The van der Waals surface area contributed by atoms with Gasteiger partial charge < -0.3 is 10.2 Å². The van der Waals surface area contributed by atoms with Crippen LogP contribution in [0.25, 0.3) is 0 Å². The van der Waals surface area contributed by atoms with Gasteiger partial charge in [-0.15, -0.1) is 0 Å². The largest absolute Gasteiger partial charge is 0.353 e. The Morgan fingerprint density at radius 2 is 2.00 bits per heavy atom. The van der Waals surface area contributed by atoms with E-state index in [2.05, 4.69) is 49.3 Å². The number of benzene rings is 1. The number of nitrogens with zero attached hydrogens (tertiary/aromatic N) is 1. The summed E-state index contributed by atoms with van der Waals surface area (Å²) in [7, 11) is 2.13. The summed E-state index contributed by atoms with van der Waals surface area (Å²) in [6.45, 7) is 6.31. The predicted molar refractivity (Wildman–Crippen MR) is 78.3 cm³/mol. The van der Waals surface area contributed by atoms with Crippen LogP contribution in [-0.4, -0.2) is 37.0 Å². The van der Waals surface area contributed by atoms with Gasteiger partial charge in [-0.2, -0.15) is 0 Å². The van der Waals surface area contributed by atoms with Gasteiger partial charge in [-0.1, -0.05) is 23.8 Å². The molecule has 2 rings (SSSR count). The van der Waals surface area contributed by atoms with Gasteiger partial charge in [-0.05, 0) is 58.0 Å². The number of nitrogens with one attached hydrogen (secondary N) is 1. The van der Waals surface area contributed by atoms with Crippen LogP contribution >= 0.6 is 0 Å². The molecule has 1 saturated heterocycles. The predicted octanol–water partition coefficient (Wildman–Crippen LogP) is 2.06. The van der Waals surface area contributed by atoms with Gasteiger partial charge in [0.15, 0.2) is 0 Å². The molecule has 19 heavy (non-hydrogen) atoms. The van der Waals surface area contributed by atoms with Crippen LogP contribution in [0.15, 0.2) is 18.2 Å². The quantitative estimate of drug-likeness (QED) is 0.902. The third-order valence-electron chi connectivity index (χ3n) is 3.93. The monoisotopic (exact) mass is 260 g/mol. The lowest BCUT2D eigenvalue weighted by molar-refractivity contribution is -0.121. The van der Waals surface area contributed by atoms with Crippen molar-refractivity contribution in [2.75, 3.05) is 20.1 Å². The number of hydrogen-bond donors (Lipinski definition) is 1. The molecule has 0 atom stereocenters. The Bertz CT molecular complexity index is 448. The van der Waals surface area contributed by atoms with Crippen molar-refractivity contribution in [3.8, 4) is 0 Å². The van der Waals surface area contributed by atoms with Crippen molar-refractivity contribution in [3.05, 3.63) is 34.9 Å². The Balaban J connectivity index is 1.87. The third kappa shape index (κ3) is 4.06. The first-order valence-corrected chi connectivity index (χ1v) is 7.08. The molecule has 104 valence electrons. The van der Waals surface area contributed by atoms with Crippen LogP contribution in [0.4, 0.5) is 0 Å². The maximum Gasteiger partial charge on any atom is 0.224 e. The van der Waals surface area contributed by atoms with Crippen LogP contribution in [0, 0.1) is 13.8 Å². The molecule has 0 aromatic heterocycles. The molecule has 0 bridgehead atoms. The van der Waals surface area contributed by atoms with Gasteiger partial charge in [0, 0.05) is 6.04 Å². The maximum absolute atomic E-state index is 12.1. The van der Waals surface area contributed by atoms with Crippen LogP contribution in [0.5, 0.6) is 0 Å².